The molecule has 0 aromatic heterocycles. The molecule has 0 rings (SSSR count). The summed E-state index contributed by atoms with van der Waals surface area (Å²) in [5.41, 5.74) is -0.909. The van der Waals surface area contributed by atoms with Crippen LogP contribution < -0.4 is 114 Å². The topological polar surface area (TPSA) is 258 Å². The molecule has 0 heterocycles. The summed E-state index contributed by atoms with van der Waals surface area (Å²) in [5, 5.41) is 18.4. The van der Waals surface area contributed by atoms with Gasteiger partial charge in [-0.3, -0.25) is 0 Å². The van der Waals surface area contributed by atoms with Gasteiger partial charge >= 0.3 is 107 Å². The van der Waals surface area contributed by atoms with E-state index in [-0.39, 0.29) is 88.7 Å². The smallest absolute Gasteiger partial charge is 0.808 e. The number of aliphatic hydroxyl groups is 2. The third-order valence-corrected chi connectivity index (χ3v) is 6.92. The standard InChI is InChI=1S/C13H26N2O13P2.3Na/c1-12(2,3)28-11(19)15-8(7-16)9(17)27-10(18)14-6-4-5-13(20,29(21,22)23)30(24,25)26;;;/h8,16,20H,4-7H2,1-3H3,(H,14,18)(H,15,19)(H2,21,22,23)(H2,24,25,26);;;/q;3*+1/p-3/t8-;;;/m0.../s1. The molecule has 33 heavy (non-hydrogen) atoms. The largest absolute Gasteiger partial charge is 1.00 e. The second-order valence-electron chi connectivity index (χ2n) is 6.91. The van der Waals surface area contributed by atoms with Gasteiger partial charge in [-0.2, -0.15) is 0 Å². The zero-order chi connectivity index (χ0) is 24.0. The number of rotatable bonds is 9. The minimum atomic E-state index is -6.19. The van der Waals surface area contributed by atoms with Crippen molar-refractivity contribution in [1.82, 2.24) is 10.6 Å². The van der Waals surface area contributed by atoms with Crippen LogP contribution in [0.5, 0.6) is 0 Å². The number of aliphatic hydroxyl groups excluding tert-OH is 1. The van der Waals surface area contributed by atoms with E-state index in [1.807, 2.05) is 10.6 Å². The molecule has 20 heteroatoms. The van der Waals surface area contributed by atoms with Crippen LogP contribution >= 0.6 is 15.2 Å². The van der Waals surface area contributed by atoms with Crippen molar-refractivity contribution in [3.63, 3.8) is 0 Å². The molecule has 0 aromatic carbocycles. The monoisotopic (exact) mass is 546 g/mol. The number of hydrogen-bond donors (Lipinski definition) is 5. The first-order valence-corrected chi connectivity index (χ1v) is 11.3. The van der Waals surface area contributed by atoms with Crippen molar-refractivity contribution in [3.05, 3.63) is 0 Å². The molecular formula is C13H23N2Na3O13P2. The normalized spacial score (nSPS) is 15.5. The number of alkyl carbamates (subject to hydrolysis) is 2. The quantitative estimate of drug-likeness (QED) is 0.0592. The van der Waals surface area contributed by atoms with Crippen LogP contribution in [0.15, 0.2) is 0 Å². The van der Waals surface area contributed by atoms with Crippen LogP contribution in [0, 0.1) is 0 Å². The molecule has 0 spiro atoms. The summed E-state index contributed by atoms with van der Waals surface area (Å²) in [6, 6.07) is -1.66. The summed E-state index contributed by atoms with van der Waals surface area (Å²) < 4.78 is 31.0. The fourth-order valence-corrected chi connectivity index (χ4v) is 3.89. The molecule has 0 fully saturated rings. The molecule has 176 valence electrons. The van der Waals surface area contributed by atoms with Crippen LogP contribution in [0.2, 0.25) is 0 Å². The summed E-state index contributed by atoms with van der Waals surface area (Å²) in [7, 11) is -12.2. The van der Waals surface area contributed by atoms with Crippen molar-refractivity contribution in [2.45, 2.75) is 50.3 Å². The van der Waals surface area contributed by atoms with Gasteiger partial charge in [-0.15, -0.1) is 0 Å². The van der Waals surface area contributed by atoms with E-state index in [0.29, 0.717) is 0 Å². The second kappa shape index (κ2) is 17.0. The summed E-state index contributed by atoms with van der Waals surface area (Å²) >= 11 is 0. The Labute approximate surface area is 256 Å². The van der Waals surface area contributed by atoms with E-state index >= 15 is 0 Å². The van der Waals surface area contributed by atoms with E-state index in [9.17, 15) is 43.3 Å². The van der Waals surface area contributed by atoms with Gasteiger partial charge in [-0.1, -0.05) is 0 Å². The number of esters is 1. The van der Waals surface area contributed by atoms with Crippen LogP contribution in [-0.2, 0) is 23.4 Å². The Bertz CT molecular complexity index is 716. The number of amides is 2. The van der Waals surface area contributed by atoms with Crippen LogP contribution in [0.25, 0.3) is 0 Å². The summed E-state index contributed by atoms with van der Waals surface area (Å²) in [6.45, 7) is 3.07. The molecule has 2 amide bonds. The molecular weight excluding hydrogens is 523 g/mol. The number of ether oxygens (including phenoxy) is 2. The number of carbonyl (C=O) groups is 3. The Hall–Kier alpha value is 1.43. The molecule has 0 bridgehead atoms. The Morgan fingerprint density at radius 3 is 1.88 bits per heavy atom. The molecule has 5 N–H and O–H groups in total. The fourth-order valence-electron chi connectivity index (χ4n) is 1.78. The van der Waals surface area contributed by atoms with Gasteiger partial charge in [-0.25, -0.2) is 14.4 Å². The van der Waals surface area contributed by atoms with Gasteiger partial charge < -0.3 is 59.0 Å². The van der Waals surface area contributed by atoms with Gasteiger partial charge in [0, 0.05) is 6.54 Å². The third kappa shape index (κ3) is 15.3. The van der Waals surface area contributed by atoms with Gasteiger partial charge in [0.15, 0.2) is 18.7 Å². The number of nitrogens with one attached hydrogen (secondary N) is 2. The van der Waals surface area contributed by atoms with Crippen molar-refractivity contribution >= 4 is 33.3 Å². The maximum absolute atomic E-state index is 11.8. The molecule has 3 atom stereocenters. The van der Waals surface area contributed by atoms with Crippen molar-refractivity contribution < 1.29 is 151 Å². The van der Waals surface area contributed by atoms with E-state index < -0.39 is 76.1 Å². The first kappa shape index (κ1) is 41.6. The van der Waals surface area contributed by atoms with E-state index in [1.165, 1.54) is 20.8 Å². The SMILES string of the molecule is CC(C)(C)OC(=O)N[C@@H](CO)C(=O)OC(=O)NCCCC(O)(P(=O)([O-])[O-])P(=O)([O-])O.[Na+].[Na+].[Na+]. The minimum Gasteiger partial charge on any atom is -0.808 e. The van der Waals surface area contributed by atoms with Gasteiger partial charge in [0.25, 0.3) is 0 Å². The molecule has 0 aromatic rings. The molecule has 0 saturated heterocycles. The van der Waals surface area contributed by atoms with Crippen molar-refractivity contribution in [2.24, 2.45) is 0 Å². The zero-order valence-electron chi connectivity index (χ0n) is 19.2. The second-order valence-corrected chi connectivity index (χ2v) is 10.8. The Morgan fingerprint density at radius 1 is 1.03 bits per heavy atom. The predicted octanol–water partition coefficient (Wildman–Crippen LogP) is -12.0. The maximum Gasteiger partial charge on any atom is 1.00 e. The molecule has 0 radical (unpaired) electrons. The Kier molecular flexibility index (Phi) is 21.5. The zero-order valence-corrected chi connectivity index (χ0v) is 27.0. The summed E-state index contributed by atoms with van der Waals surface area (Å²) in [5.74, 6) is -1.39. The van der Waals surface area contributed by atoms with Gasteiger partial charge in [0.1, 0.15) is 5.60 Å². The molecule has 0 aliphatic rings. The van der Waals surface area contributed by atoms with Crippen LogP contribution in [0.1, 0.15) is 33.6 Å². The minimum absolute atomic E-state index is 0. The van der Waals surface area contributed by atoms with E-state index in [1.54, 1.807) is 0 Å². The van der Waals surface area contributed by atoms with Gasteiger partial charge in [0.05, 0.1) is 6.61 Å². The first-order chi connectivity index (χ1) is 13.3. The molecule has 0 saturated carbocycles. The summed E-state index contributed by atoms with van der Waals surface area (Å²) in [6.07, 6.45) is -4.43. The predicted molar refractivity (Wildman–Crippen MR) is 91.3 cm³/mol. The molecule has 15 nitrogen and oxygen atoms in total. The Morgan fingerprint density at radius 2 is 1.52 bits per heavy atom. The maximum atomic E-state index is 11.8. The van der Waals surface area contributed by atoms with Crippen LogP contribution in [0.4, 0.5) is 9.59 Å². The van der Waals surface area contributed by atoms with Crippen molar-refractivity contribution in [2.75, 3.05) is 13.2 Å². The van der Waals surface area contributed by atoms with Crippen LogP contribution in [0.3, 0.4) is 0 Å². The average Bonchev–Trinajstić information content (AvgIpc) is 2.52. The van der Waals surface area contributed by atoms with E-state index in [2.05, 4.69) is 4.74 Å². The van der Waals surface area contributed by atoms with Crippen molar-refractivity contribution in [3.8, 4) is 0 Å². The molecule has 2 unspecified atom stereocenters. The van der Waals surface area contributed by atoms with Gasteiger partial charge in [-0.05, 0) is 41.2 Å². The molecule has 0 aliphatic carbocycles. The fraction of sp³-hybridized carbons (Fsp3) is 0.769. The molecule has 0 aliphatic heterocycles. The van der Waals surface area contributed by atoms with Crippen LogP contribution in [-0.4, -0.2) is 63.1 Å². The third-order valence-electron chi connectivity index (χ3n) is 3.20. The van der Waals surface area contributed by atoms with E-state index in [0.717, 1.165) is 0 Å². The number of carbonyl (C=O) groups excluding carboxylic acids is 3. The van der Waals surface area contributed by atoms with Crippen molar-refractivity contribution in [1.29, 1.82) is 0 Å². The van der Waals surface area contributed by atoms with Gasteiger partial charge in [0.2, 0.25) is 0 Å². The average molecular weight is 546 g/mol. The summed E-state index contributed by atoms with van der Waals surface area (Å²) in [4.78, 5) is 76.5. The Balaban J connectivity index is -0.00000140. The number of hydrogen-bond acceptors (Lipinski definition) is 12. The first-order valence-electron chi connectivity index (χ1n) is 8.22. The van der Waals surface area contributed by atoms with E-state index in [4.69, 9.17) is 14.7 Å².